The van der Waals surface area contributed by atoms with Crippen LogP contribution in [0.3, 0.4) is 0 Å². The lowest BCUT2D eigenvalue weighted by Crippen LogP contribution is -2.18. The average Bonchev–Trinajstić information content (AvgIpc) is 3.04. The molecule has 0 fully saturated rings. The molecule has 0 saturated carbocycles. The molecule has 1 aliphatic rings. The van der Waals surface area contributed by atoms with Crippen molar-refractivity contribution < 1.29 is 19.2 Å². The summed E-state index contributed by atoms with van der Waals surface area (Å²) in [5, 5.41) is 21.0. The highest BCUT2D eigenvalue weighted by atomic mass is 16.6. The van der Waals surface area contributed by atoms with Crippen LogP contribution in [0.4, 0.5) is 5.88 Å². The molecule has 3 rings (SSSR count). The summed E-state index contributed by atoms with van der Waals surface area (Å²) in [5.74, 6) is 0.577. The van der Waals surface area contributed by atoms with E-state index in [-0.39, 0.29) is 17.1 Å². The van der Waals surface area contributed by atoms with Crippen molar-refractivity contribution in [2.45, 2.75) is 25.4 Å². The molecule has 6 heteroatoms. The van der Waals surface area contributed by atoms with Gasteiger partial charge >= 0.3 is 5.88 Å². The van der Waals surface area contributed by atoms with Gasteiger partial charge < -0.3 is 14.3 Å². The fourth-order valence-corrected chi connectivity index (χ4v) is 2.46. The molecule has 1 atom stereocenters. The Balaban J connectivity index is 1.95. The standard InChI is InChI=1S/C15H15NO5/c1-15(2)8-20-11-4-3-9(7-10(11)15)14(17)12-5-6-13(21-12)16(18)19/h3-7,14,17H,8H2,1-2H3. The number of rotatable bonds is 3. The van der Waals surface area contributed by atoms with Gasteiger partial charge in [-0.1, -0.05) is 19.9 Å². The Morgan fingerprint density at radius 3 is 2.76 bits per heavy atom. The quantitative estimate of drug-likeness (QED) is 0.693. The summed E-state index contributed by atoms with van der Waals surface area (Å²) < 4.78 is 10.6. The lowest BCUT2D eigenvalue weighted by atomic mass is 9.85. The van der Waals surface area contributed by atoms with Crippen molar-refractivity contribution in [2.24, 2.45) is 0 Å². The fourth-order valence-electron chi connectivity index (χ4n) is 2.46. The number of nitro groups is 1. The van der Waals surface area contributed by atoms with Gasteiger partial charge in [0.1, 0.15) is 22.5 Å². The Labute approximate surface area is 121 Å². The number of hydrogen-bond acceptors (Lipinski definition) is 5. The summed E-state index contributed by atoms with van der Waals surface area (Å²) >= 11 is 0. The lowest BCUT2D eigenvalue weighted by Gasteiger charge is -2.17. The van der Waals surface area contributed by atoms with E-state index in [0.717, 1.165) is 11.3 Å². The number of ether oxygens (including phenoxy) is 1. The Bertz CT molecular complexity index is 704. The van der Waals surface area contributed by atoms with Crippen LogP contribution in [0.15, 0.2) is 34.7 Å². The molecular formula is C15H15NO5. The number of fused-ring (bicyclic) bond motifs is 1. The number of hydrogen-bond donors (Lipinski definition) is 1. The normalized spacial score (nSPS) is 17.1. The van der Waals surface area contributed by atoms with Gasteiger partial charge in [-0.3, -0.25) is 10.1 Å². The monoisotopic (exact) mass is 289 g/mol. The molecule has 1 aromatic carbocycles. The van der Waals surface area contributed by atoms with E-state index >= 15 is 0 Å². The van der Waals surface area contributed by atoms with E-state index in [9.17, 15) is 15.2 Å². The predicted octanol–water partition coefficient (Wildman–Crippen LogP) is 2.94. The Kier molecular flexibility index (Phi) is 2.98. The maximum atomic E-state index is 10.6. The molecule has 0 spiro atoms. The van der Waals surface area contributed by atoms with Crippen LogP contribution >= 0.6 is 0 Å². The number of benzene rings is 1. The number of nitrogens with zero attached hydrogens (tertiary/aromatic N) is 1. The van der Waals surface area contributed by atoms with Crippen LogP contribution in [-0.4, -0.2) is 16.6 Å². The first-order chi connectivity index (χ1) is 9.88. The second kappa shape index (κ2) is 4.60. The van der Waals surface area contributed by atoms with Crippen LogP contribution in [0.25, 0.3) is 0 Å². The first-order valence-electron chi connectivity index (χ1n) is 6.58. The van der Waals surface area contributed by atoms with Crippen molar-refractivity contribution in [1.82, 2.24) is 0 Å². The summed E-state index contributed by atoms with van der Waals surface area (Å²) in [7, 11) is 0. The van der Waals surface area contributed by atoms with Gasteiger partial charge in [-0.2, -0.15) is 0 Å². The van der Waals surface area contributed by atoms with Gasteiger partial charge in [0.15, 0.2) is 0 Å². The third-order valence-electron chi connectivity index (χ3n) is 3.70. The molecule has 0 amide bonds. The van der Waals surface area contributed by atoms with E-state index < -0.39 is 11.0 Å². The SMILES string of the molecule is CC1(C)COc2ccc(C(O)c3ccc([N+](=O)[O-])o3)cc21. The average molecular weight is 289 g/mol. The summed E-state index contributed by atoms with van der Waals surface area (Å²) in [6.07, 6.45) is -1.04. The molecule has 0 bridgehead atoms. The molecule has 2 aromatic rings. The van der Waals surface area contributed by atoms with Crippen LogP contribution < -0.4 is 4.74 Å². The van der Waals surface area contributed by atoms with E-state index in [1.165, 1.54) is 12.1 Å². The third-order valence-corrected chi connectivity index (χ3v) is 3.70. The van der Waals surface area contributed by atoms with Crippen molar-refractivity contribution in [3.63, 3.8) is 0 Å². The molecular weight excluding hydrogens is 274 g/mol. The Morgan fingerprint density at radius 2 is 2.10 bits per heavy atom. The highest BCUT2D eigenvalue weighted by molar-refractivity contribution is 5.46. The number of aliphatic hydroxyl groups is 1. The number of furan rings is 1. The molecule has 0 radical (unpaired) electrons. The number of aliphatic hydroxyl groups excluding tert-OH is 1. The lowest BCUT2D eigenvalue weighted by molar-refractivity contribution is -0.402. The van der Waals surface area contributed by atoms with E-state index in [0.29, 0.717) is 12.2 Å². The molecule has 1 aliphatic heterocycles. The first kappa shape index (κ1) is 13.6. The second-order valence-electron chi connectivity index (χ2n) is 5.76. The van der Waals surface area contributed by atoms with Gasteiger partial charge in [-0.15, -0.1) is 0 Å². The smallest absolute Gasteiger partial charge is 0.433 e. The minimum Gasteiger partial charge on any atom is -0.492 e. The molecule has 110 valence electrons. The molecule has 2 heterocycles. The largest absolute Gasteiger partial charge is 0.492 e. The van der Waals surface area contributed by atoms with E-state index in [4.69, 9.17) is 9.15 Å². The highest BCUT2D eigenvalue weighted by Crippen LogP contribution is 2.40. The maximum absolute atomic E-state index is 10.6. The molecule has 21 heavy (non-hydrogen) atoms. The second-order valence-corrected chi connectivity index (χ2v) is 5.76. The predicted molar refractivity (Wildman–Crippen MR) is 74.4 cm³/mol. The maximum Gasteiger partial charge on any atom is 0.433 e. The van der Waals surface area contributed by atoms with Gasteiger partial charge in [0.25, 0.3) is 0 Å². The highest BCUT2D eigenvalue weighted by Gasteiger charge is 2.32. The minimum absolute atomic E-state index is 0.125. The van der Waals surface area contributed by atoms with Gasteiger partial charge in [-0.25, -0.2) is 0 Å². The molecule has 1 unspecified atom stereocenters. The Morgan fingerprint density at radius 1 is 1.33 bits per heavy atom. The van der Waals surface area contributed by atoms with Gasteiger partial charge in [-0.05, 0) is 23.8 Å². The van der Waals surface area contributed by atoms with Crippen LogP contribution in [-0.2, 0) is 5.41 Å². The van der Waals surface area contributed by atoms with Crippen molar-refractivity contribution in [1.29, 1.82) is 0 Å². The zero-order valence-corrected chi connectivity index (χ0v) is 11.7. The third kappa shape index (κ3) is 2.27. The summed E-state index contributed by atoms with van der Waals surface area (Å²) in [4.78, 5) is 10.00. The van der Waals surface area contributed by atoms with Gasteiger partial charge in [0.05, 0.1) is 12.7 Å². The van der Waals surface area contributed by atoms with E-state index in [1.807, 2.05) is 6.07 Å². The topological polar surface area (TPSA) is 85.7 Å². The minimum atomic E-state index is -1.04. The molecule has 6 nitrogen and oxygen atoms in total. The van der Waals surface area contributed by atoms with Crippen LogP contribution in [0.2, 0.25) is 0 Å². The van der Waals surface area contributed by atoms with Gasteiger partial charge in [0.2, 0.25) is 0 Å². The van der Waals surface area contributed by atoms with E-state index in [1.54, 1.807) is 12.1 Å². The molecule has 0 aliphatic carbocycles. The fraction of sp³-hybridized carbons (Fsp3) is 0.333. The zero-order valence-electron chi connectivity index (χ0n) is 11.7. The van der Waals surface area contributed by atoms with E-state index in [2.05, 4.69) is 13.8 Å². The van der Waals surface area contributed by atoms with Crippen molar-refractivity contribution >= 4 is 5.88 Å². The van der Waals surface area contributed by atoms with Crippen LogP contribution in [0.1, 0.15) is 36.8 Å². The summed E-state index contributed by atoms with van der Waals surface area (Å²) in [6.45, 7) is 4.72. The van der Waals surface area contributed by atoms with Crippen molar-refractivity contribution in [2.75, 3.05) is 6.61 Å². The summed E-state index contributed by atoms with van der Waals surface area (Å²) in [5.41, 5.74) is 1.51. The summed E-state index contributed by atoms with van der Waals surface area (Å²) in [6, 6.07) is 8.05. The van der Waals surface area contributed by atoms with Crippen molar-refractivity contribution in [3.8, 4) is 5.75 Å². The van der Waals surface area contributed by atoms with Gasteiger partial charge in [0, 0.05) is 11.0 Å². The van der Waals surface area contributed by atoms with Crippen LogP contribution in [0, 0.1) is 10.1 Å². The Hall–Kier alpha value is -2.34. The van der Waals surface area contributed by atoms with Crippen LogP contribution in [0.5, 0.6) is 5.75 Å². The first-order valence-corrected chi connectivity index (χ1v) is 6.58. The molecule has 1 N–H and O–H groups in total. The molecule has 0 saturated heterocycles. The zero-order chi connectivity index (χ0) is 15.2. The van der Waals surface area contributed by atoms with Crippen molar-refractivity contribution in [3.05, 3.63) is 57.3 Å². The molecule has 1 aromatic heterocycles.